The van der Waals surface area contributed by atoms with E-state index in [9.17, 15) is 8.78 Å². The Morgan fingerprint density at radius 2 is 1.80 bits per heavy atom. The number of alkyl halides is 2. The molecule has 0 atom stereocenters. The van der Waals surface area contributed by atoms with Crippen molar-refractivity contribution in [1.82, 2.24) is 0 Å². The van der Waals surface area contributed by atoms with Crippen LogP contribution in [0, 0.1) is 0 Å². The Morgan fingerprint density at radius 3 is 1.80 bits per heavy atom. The molecule has 5 heavy (non-hydrogen) atoms. The zero-order chi connectivity index (χ0) is 4.28. The van der Waals surface area contributed by atoms with E-state index in [-0.39, 0.29) is 0 Å². The van der Waals surface area contributed by atoms with Crippen LogP contribution in [0.15, 0.2) is 0 Å². The molecule has 0 aromatic rings. The van der Waals surface area contributed by atoms with Gasteiger partial charge in [-0.2, -0.15) is 0 Å². The Balaban J connectivity index is 2.54. The van der Waals surface area contributed by atoms with Crippen LogP contribution in [0.5, 0.6) is 0 Å². The topological polar surface area (TPSA) is 26.0 Å². The Hall–Kier alpha value is -0.180. The van der Waals surface area contributed by atoms with Gasteiger partial charge in [-0.15, -0.1) is 0 Å². The minimum absolute atomic E-state index is 0.528. The molecule has 0 aromatic carbocycles. The maximum absolute atomic E-state index is 10.6. The van der Waals surface area contributed by atoms with Crippen LogP contribution in [0.25, 0.3) is 0 Å². The van der Waals surface area contributed by atoms with E-state index in [1.54, 1.807) is 0 Å². The van der Waals surface area contributed by atoms with E-state index in [1.165, 1.54) is 0 Å². The molecule has 1 nitrogen and oxygen atoms in total. The molecular formula is C2H5F2N. The average molecular weight is 83.0 g/mol. The van der Waals surface area contributed by atoms with E-state index >= 15 is 0 Å². The standard InChI is InChI=1S/C2H5F2N/c3-2(4)1-5/h2H,1,5H2/i1+1,2+1. The van der Waals surface area contributed by atoms with Crippen molar-refractivity contribution >= 4 is 0 Å². The SMILES string of the molecule is N[13CH2][13CH](F)F. The third-order valence-corrected chi connectivity index (χ3v) is 0.178. The summed E-state index contributed by atoms with van der Waals surface area (Å²) in [4.78, 5) is 0. The summed E-state index contributed by atoms with van der Waals surface area (Å²) in [5.74, 6) is 0. The Morgan fingerprint density at radius 1 is 1.60 bits per heavy atom. The first-order valence-corrected chi connectivity index (χ1v) is 1.25. The van der Waals surface area contributed by atoms with Crippen molar-refractivity contribution in [2.75, 3.05) is 6.54 Å². The lowest BCUT2D eigenvalue weighted by atomic mass is 11.7. The average Bonchev–Trinajstić information content (AvgIpc) is 1.38. The van der Waals surface area contributed by atoms with Crippen molar-refractivity contribution in [2.45, 2.75) is 6.43 Å². The van der Waals surface area contributed by atoms with Gasteiger partial charge in [0.15, 0.2) is 0 Å². The van der Waals surface area contributed by atoms with E-state index in [1.807, 2.05) is 0 Å². The van der Waals surface area contributed by atoms with Crippen LogP contribution in [0.4, 0.5) is 8.78 Å². The zero-order valence-corrected chi connectivity index (χ0v) is 2.62. The summed E-state index contributed by atoms with van der Waals surface area (Å²) >= 11 is 0. The first kappa shape index (κ1) is 4.82. The highest BCUT2D eigenvalue weighted by atomic mass is 19.3. The quantitative estimate of drug-likeness (QED) is 0.450. The zero-order valence-electron chi connectivity index (χ0n) is 2.62. The molecule has 0 aliphatic rings. The second-order valence-electron chi connectivity index (χ2n) is 0.627. The highest BCUT2D eigenvalue weighted by molar-refractivity contribution is 4.30. The van der Waals surface area contributed by atoms with E-state index in [2.05, 4.69) is 5.73 Å². The van der Waals surface area contributed by atoms with E-state index in [0.29, 0.717) is 0 Å². The van der Waals surface area contributed by atoms with E-state index < -0.39 is 13.0 Å². The predicted octanol–water partition coefficient (Wildman–Crippen LogP) is 0.210. The van der Waals surface area contributed by atoms with Gasteiger partial charge >= 0.3 is 0 Å². The van der Waals surface area contributed by atoms with Crippen LogP contribution in [0.2, 0.25) is 0 Å². The predicted molar refractivity (Wildman–Crippen MR) is 15.1 cm³/mol. The third kappa shape index (κ3) is 3.82. The van der Waals surface area contributed by atoms with Gasteiger partial charge in [0.25, 0.3) is 6.43 Å². The number of nitrogens with two attached hydrogens (primary N) is 1. The van der Waals surface area contributed by atoms with E-state index in [0.717, 1.165) is 0 Å². The number of hydrogen-bond acceptors (Lipinski definition) is 1. The molecule has 0 spiro atoms. The van der Waals surface area contributed by atoms with Crippen molar-refractivity contribution in [3.05, 3.63) is 0 Å². The monoisotopic (exact) mass is 83.0 g/mol. The summed E-state index contributed by atoms with van der Waals surface area (Å²) in [6.45, 7) is -0.528. The molecule has 2 N–H and O–H groups in total. The van der Waals surface area contributed by atoms with Crippen LogP contribution >= 0.6 is 0 Å². The highest BCUT2D eigenvalue weighted by Gasteiger charge is 1.91. The molecular weight excluding hydrogens is 78.0 g/mol. The molecule has 0 bridgehead atoms. The van der Waals surface area contributed by atoms with Crippen molar-refractivity contribution in [2.24, 2.45) is 5.73 Å². The summed E-state index contributed by atoms with van der Waals surface area (Å²) in [7, 11) is 0. The Labute approximate surface area is 28.8 Å². The normalized spacial score (nSPS) is 9.60. The molecule has 0 aliphatic carbocycles. The molecule has 0 unspecified atom stereocenters. The minimum atomic E-state index is -2.34. The Kier molecular flexibility index (Phi) is 2.01. The fourth-order valence-corrected chi connectivity index (χ4v) is 0. The molecule has 0 saturated carbocycles. The summed E-state index contributed by atoms with van der Waals surface area (Å²) in [5, 5.41) is 0. The summed E-state index contributed by atoms with van der Waals surface area (Å²) < 4.78 is 21.3. The van der Waals surface area contributed by atoms with Crippen molar-refractivity contribution in [1.29, 1.82) is 0 Å². The lowest BCUT2D eigenvalue weighted by molar-refractivity contribution is 0.158. The second-order valence-corrected chi connectivity index (χ2v) is 0.627. The minimum Gasteiger partial charge on any atom is -0.325 e. The third-order valence-electron chi connectivity index (χ3n) is 0.178. The largest absolute Gasteiger partial charge is 0.325 e. The maximum atomic E-state index is 10.6. The summed E-state index contributed by atoms with van der Waals surface area (Å²) in [6, 6.07) is 0. The summed E-state index contributed by atoms with van der Waals surface area (Å²) in [5.41, 5.74) is 4.42. The van der Waals surface area contributed by atoms with Gasteiger partial charge in [0.05, 0.1) is 6.54 Å². The second kappa shape index (κ2) is 2.08. The van der Waals surface area contributed by atoms with Gasteiger partial charge in [-0.1, -0.05) is 0 Å². The maximum Gasteiger partial charge on any atom is 0.250 e. The number of rotatable bonds is 1. The molecule has 0 saturated heterocycles. The van der Waals surface area contributed by atoms with E-state index in [4.69, 9.17) is 0 Å². The van der Waals surface area contributed by atoms with Crippen LogP contribution in [-0.2, 0) is 0 Å². The molecule has 0 heterocycles. The molecule has 32 valence electrons. The summed E-state index contributed by atoms with van der Waals surface area (Å²) in [6.07, 6.45) is -2.34. The van der Waals surface area contributed by atoms with Gasteiger partial charge in [0.2, 0.25) is 0 Å². The first-order valence-electron chi connectivity index (χ1n) is 1.25. The van der Waals surface area contributed by atoms with Gasteiger partial charge in [-0.3, -0.25) is 0 Å². The van der Waals surface area contributed by atoms with Gasteiger partial charge in [-0.05, 0) is 0 Å². The van der Waals surface area contributed by atoms with Crippen molar-refractivity contribution in [3.63, 3.8) is 0 Å². The highest BCUT2D eigenvalue weighted by Crippen LogP contribution is 1.82. The molecule has 0 radical (unpaired) electrons. The van der Waals surface area contributed by atoms with Crippen LogP contribution < -0.4 is 5.73 Å². The van der Waals surface area contributed by atoms with Gasteiger partial charge in [0, 0.05) is 0 Å². The van der Waals surface area contributed by atoms with Gasteiger partial charge in [0.1, 0.15) is 0 Å². The first-order chi connectivity index (χ1) is 2.27. The fraction of sp³-hybridized carbons (Fsp3) is 1.00. The molecule has 0 aromatic heterocycles. The lowest BCUT2D eigenvalue weighted by Gasteiger charge is -1.82. The van der Waals surface area contributed by atoms with Gasteiger partial charge in [-0.25, -0.2) is 8.78 Å². The lowest BCUT2D eigenvalue weighted by Crippen LogP contribution is -2.08. The van der Waals surface area contributed by atoms with Crippen molar-refractivity contribution < 1.29 is 8.78 Å². The molecule has 0 aliphatic heterocycles. The molecule has 0 rings (SSSR count). The van der Waals surface area contributed by atoms with Gasteiger partial charge < -0.3 is 5.73 Å². The molecule has 3 heteroatoms. The molecule has 0 fully saturated rings. The van der Waals surface area contributed by atoms with Crippen LogP contribution in [-0.4, -0.2) is 13.0 Å². The van der Waals surface area contributed by atoms with Crippen LogP contribution in [0.1, 0.15) is 0 Å². The van der Waals surface area contributed by atoms with Crippen molar-refractivity contribution in [3.8, 4) is 0 Å². The smallest absolute Gasteiger partial charge is 0.250 e. The number of halogens is 2. The van der Waals surface area contributed by atoms with Crippen LogP contribution in [0.3, 0.4) is 0 Å². The molecule has 0 amide bonds. The fourth-order valence-electron chi connectivity index (χ4n) is 0. The number of hydrogen-bond donors (Lipinski definition) is 1. The Bertz CT molecular complexity index is 21.6.